The SMILES string of the molecule is O=C(c1ccccc1)C1CCN(C(=O)c2nn(-c3ccc(F)cc3)c3c2CCCCC3)CC1. The van der Waals surface area contributed by atoms with Crippen LogP contribution in [-0.4, -0.2) is 39.5 Å². The Kier molecular flexibility index (Phi) is 6.07. The first-order valence-corrected chi connectivity index (χ1v) is 11.9. The molecule has 2 aliphatic rings. The van der Waals surface area contributed by atoms with Crippen molar-refractivity contribution in [3.63, 3.8) is 0 Å². The fraction of sp³-hybridized carbons (Fsp3) is 0.370. The number of aromatic nitrogens is 2. The summed E-state index contributed by atoms with van der Waals surface area (Å²) >= 11 is 0. The van der Waals surface area contributed by atoms with Crippen molar-refractivity contribution in [3.8, 4) is 5.69 Å². The standard InChI is InChI=1S/C27H28FN3O2/c28-21-11-13-22(14-12-21)31-24-10-6-2-5-9-23(24)25(29-31)27(33)30-17-15-20(16-18-30)26(32)19-7-3-1-4-8-19/h1,3-4,7-8,11-14,20H,2,5-6,9-10,15-18H2. The summed E-state index contributed by atoms with van der Waals surface area (Å²) in [6.45, 7) is 1.11. The van der Waals surface area contributed by atoms with Crippen LogP contribution in [0.15, 0.2) is 54.6 Å². The van der Waals surface area contributed by atoms with Crippen molar-refractivity contribution in [1.82, 2.24) is 14.7 Å². The van der Waals surface area contributed by atoms with E-state index in [-0.39, 0.29) is 23.4 Å². The minimum Gasteiger partial charge on any atom is -0.337 e. The van der Waals surface area contributed by atoms with Crippen LogP contribution in [0.25, 0.3) is 5.69 Å². The van der Waals surface area contributed by atoms with Crippen LogP contribution in [0.1, 0.15) is 64.2 Å². The Hall–Kier alpha value is -3.28. The molecule has 6 heteroatoms. The number of amides is 1. The Morgan fingerprint density at radius 1 is 0.879 bits per heavy atom. The van der Waals surface area contributed by atoms with E-state index in [2.05, 4.69) is 0 Å². The van der Waals surface area contributed by atoms with Gasteiger partial charge in [-0.05, 0) is 62.8 Å². The van der Waals surface area contributed by atoms with Crippen LogP contribution >= 0.6 is 0 Å². The molecule has 1 amide bonds. The maximum Gasteiger partial charge on any atom is 0.274 e. The second-order valence-electron chi connectivity index (χ2n) is 9.02. The summed E-state index contributed by atoms with van der Waals surface area (Å²) in [6.07, 6.45) is 6.25. The number of ketones is 1. The zero-order chi connectivity index (χ0) is 22.8. The summed E-state index contributed by atoms with van der Waals surface area (Å²) in [4.78, 5) is 28.2. The molecule has 0 unspecified atom stereocenters. The van der Waals surface area contributed by atoms with E-state index in [1.807, 2.05) is 39.9 Å². The van der Waals surface area contributed by atoms with Crippen LogP contribution in [0.5, 0.6) is 0 Å². The van der Waals surface area contributed by atoms with Gasteiger partial charge in [-0.1, -0.05) is 36.8 Å². The first kappa shape index (κ1) is 21.6. The molecule has 1 aliphatic carbocycles. The van der Waals surface area contributed by atoms with Crippen molar-refractivity contribution in [2.24, 2.45) is 5.92 Å². The van der Waals surface area contributed by atoms with Crippen molar-refractivity contribution >= 4 is 11.7 Å². The van der Waals surface area contributed by atoms with E-state index in [9.17, 15) is 14.0 Å². The van der Waals surface area contributed by atoms with Crippen LogP contribution < -0.4 is 0 Å². The van der Waals surface area contributed by atoms with E-state index in [1.165, 1.54) is 12.1 Å². The Morgan fingerprint density at radius 3 is 2.30 bits per heavy atom. The van der Waals surface area contributed by atoms with E-state index in [4.69, 9.17) is 5.10 Å². The number of likely N-dealkylation sites (tertiary alicyclic amines) is 1. The maximum absolute atomic E-state index is 13.5. The van der Waals surface area contributed by atoms with Gasteiger partial charge in [0.05, 0.1) is 5.69 Å². The Morgan fingerprint density at radius 2 is 1.58 bits per heavy atom. The summed E-state index contributed by atoms with van der Waals surface area (Å²) in [5, 5.41) is 4.75. The molecule has 0 N–H and O–H groups in total. The Bertz CT molecular complexity index is 1150. The highest BCUT2D eigenvalue weighted by Gasteiger charge is 2.32. The van der Waals surface area contributed by atoms with E-state index in [0.717, 1.165) is 54.6 Å². The van der Waals surface area contributed by atoms with E-state index in [1.54, 1.807) is 12.1 Å². The molecular weight excluding hydrogens is 417 g/mol. The fourth-order valence-electron chi connectivity index (χ4n) is 5.08. The van der Waals surface area contributed by atoms with Gasteiger partial charge >= 0.3 is 0 Å². The van der Waals surface area contributed by atoms with E-state index >= 15 is 0 Å². The number of carbonyl (C=O) groups excluding carboxylic acids is 2. The maximum atomic E-state index is 13.5. The van der Waals surface area contributed by atoms with Gasteiger partial charge in [-0.25, -0.2) is 9.07 Å². The van der Waals surface area contributed by atoms with Crippen LogP contribution in [0.3, 0.4) is 0 Å². The monoisotopic (exact) mass is 445 g/mol. The van der Waals surface area contributed by atoms with Gasteiger partial charge in [0.1, 0.15) is 5.82 Å². The minimum atomic E-state index is -0.291. The number of hydrogen-bond acceptors (Lipinski definition) is 3. The number of piperidine rings is 1. The summed E-state index contributed by atoms with van der Waals surface area (Å²) < 4.78 is 15.3. The van der Waals surface area contributed by atoms with Crippen molar-refractivity contribution in [3.05, 3.63) is 82.9 Å². The number of nitrogens with zero attached hydrogens (tertiary/aromatic N) is 3. The largest absolute Gasteiger partial charge is 0.337 e. The molecule has 0 bridgehead atoms. The summed E-state index contributed by atoms with van der Waals surface area (Å²) in [5.41, 5.74) is 4.14. The molecule has 0 radical (unpaired) electrons. The molecule has 1 aromatic heterocycles. The van der Waals surface area contributed by atoms with Gasteiger partial charge in [-0.15, -0.1) is 0 Å². The molecule has 1 aliphatic heterocycles. The van der Waals surface area contributed by atoms with Crippen LogP contribution in [0, 0.1) is 11.7 Å². The highest BCUT2D eigenvalue weighted by Crippen LogP contribution is 2.29. The predicted octanol–water partition coefficient (Wildman–Crippen LogP) is 5.02. The second-order valence-corrected chi connectivity index (χ2v) is 9.02. The molecule has 2 aromatic carbocycles. The van der Waals surface area contributed by atoms with Gasteiger partial charge in [-0.2, -0.15) is 5.10 Å². The highest BCUT2D eigenvalue weighted by atomic mass is 19.1. The van der Waals surface area contributed by atoms with E-state index < -0.39 is 0 Å². The Balaban J connectivity index is 1.37. The predicted molar refractivity (Wildman–Crippen MR) is 124 cm³/mol. The third kappa shape index (κ3) is 4.34. The molecule has 33 heavy (non-hydrogen) atoms. The van der Waals surface area contributed by atoms with Crippen LogP contribution in [0.4, 0.5) is 4.39 Å². The first-order chi connectivity index (χ1) is 16.1. The lowest BCUT2D eigenvalue weighted by atomic mass is 9.88. The van der Waals surface area contributed by atoms with Gasteiger partial charge in [0.2, 0.25) is 0 Å². The number of hydrogen-bond donors (Lipinski definition) is 0. The molecule has 0 spiro atoms. The van der Waals surface area contributed by atoms with Crippen molar-refractivity contribution in [2.75, 3.05) is 13.1 Å². The number of Topliss-reactive ketones (excluding diaryl/α,β-unsaturated/α-hetero) is 1. The van der Waals surface area contributed by atoms with Gasteiger partial charge in [0, 0.05) is 35.8 Å². The molecule has 0 atom stereocenters. The van der Waals surface area contributed by atoms with E-state index in [0.29, 0.717) is 31.6 Å². The second kappa shape index (κ2) is 9.30. The number of halogens is 1. The summed E-state index contributed by atoms with van der Waals surface area (Å²) in [5.74, 6) is -0.233. The zero-order valence-corrected chi connectivity index (χ0v) is 18.7. The highest BCUT2D eigenvalue weighted by molar-refractivity contribution is 5.98. The zero-order valence-electron chi connectivity index (χ0n) is 18.7. The van der Waals surface area contributed by atoms with Gasteiger partial charge < -0.3 is 4.90 Å². The molecule has 0 saturated carbocycles. The normalized spacial score (nSPS) is 16.8. The lowest BCUT2D eigenvalue weighted by Gasteiger charge is -2.31. The molecule has 1 saturated heterocycles. The molecule has 5 rings (SSSR count). The average molecular weight is 446 g/mol. The molecule has 170 valence electrons. The molecule has 5 nitrogen and oxygen atoms in total. The fourth-order valence-corrected chi connectivity index (χ4v) is 5.08. The van der Waals surface area contributed by atoms with Crippen LogP contribution in [-0.2, 0) is 12.8 Å². The quantitative estimate of drug-likeness (QED) is 0.419. The van der Waals surface area contributed by atoms with Crippen molar-refractivity contribution in [2.45, 2.75) is 44.9 Å². The van der Waals surface area contributed by atoms with Crippen LogP contribution in [0.2, 0.25) is 0 Å². The number of rotatable bonds is 4. The Labute approximate surface area is 193 Å². The number of fused-ring (bicyclic) bond motifs is 1. The molecule has 1 fully saturated rings. The third-order valence-electron chi connectivity index (χ3n) is 6.92. The average Bonchev–Trinajstić information content (AvgIpc) is 3.05. The van der Waals surface area contributed by atoms with Gasteiger partial charge in [0.25, 0.3) is 5.91 Å². The lowest BCUT2D eigenvalue weighted by Crippen LogP contribution is -2.40. The molecule has 3 aromatic rings. The van der Waals surface area contributed by atoms with Gasteiger partial charge in [0.15, 0.2) is 11.5 Å². The number of benzene rings is 2. The number of carbonyl (C=O) groups is 2. The first-order valence-electron chi connectivity index (χ1n) is 11.9. The summed E-state index contributed by atoms with van der Waals surface area (Å²) in [6, 6.07) is 15.7. The lowest BCUT2D eigenvalue weighted by molar-refractivity contribution is 0.0644. The summed E-state index contributed by atoms with van der Waals surface area (Å²) in [7, 11) is 0. The van der Waals surface area contributed by atoms with Gasteiger partial charge in [-0.3, -0.25) is 9.59 Å². The minimum absolute atomic E-state index is 0.0506. The van der Waals surface area contributed by atoms with Crippen molar-refractivity contribution in [1.29, 1.82) is 0 Å². The molecular formula is C27H28FN3O2. The van der Waals surface area contributed by atoms with Crippen molar-refractivity contribution < 1.29 is 14.0 Å². The smallest absolute Gasteiger partial charge is 0.274 e. The molecule has 2 heterocycles. The topological polar surface area (TPSA) is 55.2 Å². The third-order valence-corrected chi connectivity index (χ3v) is 6.92.